The van der Waals surface area contributed by atoms with Gasteiger partial charge in [0.25, 0.3) is 0 Å². The zero-order chi connectivity index (χ0) is 25.8. The van der Waals surface area contributed by atoms with Crippen LogP contribution in [0, 0.1) is 0 Å². The van der Waals surface area contributed by atoms with Crippen LogP contribution >= 0.6 is 0 Å². The molecule has 0 nitrogen and oxygen atoms in total. The van der Waals surface area contributed by atoms with E-state index in [4.69, 9.17) is 0 Å². The van der Waals surface area contributed by atoms with E-state index >= 15 is 0 Å². The van der Waals surface area contributed by atoms with Gasteiger partial charge in [0.15, 0.2) is 0 Å². The molecule has 0 heteroatoms. The Bertz CT molecular complexity index is 1210. The summed E-state index contributed by atoms with van der Waals surface area (Å²) in [6.07, 6.45) is 8.72. The van der Waals surface area contributed by atoms with Crippen molar-refractivity contribution in [1.82, 2.24) is 0 Å². The van der Waals surface area contributed by atoms with Gasteiger partial charge in [-0.1, -0.05) is 163 Å². The molecule has 0 radical (unpaired) electrons. The predicted molar refractivity (Wildman–Crippen MR) is 160 cm³/mol. The first-order chi connectivity index (χ1) is 17.1. The maximum absolute atomic E-state index is 2.25. The van der Waals surface area contributed by atoms with E-state index in [1.54, 1.807) is 0 Å². The first-order valence-electron chi connectivity index (χ1n) is 12.9. The molecule has 0 aliphatic heterocycles. The van der Waals surface area contributed by atoms with E-state index in [1.165, 1.54) is 44.5 Å². The van der Waals surface area contributed by atoms with Crippen LogP contribution in [0.1, 0.15) is 74.9 Å². The summed E-state index contributed by atoms with van der Waals surface area (Å²) in [5.41, 5.74) is 10.4. The third kappa shape index (κ3) is 6.73. The van der Waals surface area contributed by atoms with Crippen LogP contribution in [-0.2, 0) is 10.8 Å². The standard InChI is InChI=1S/C36H38/c1-35(2,3)33-23-15-29(16-24-33)9-7-27-11-19-31(20-12-27)32-21-13-28(14-22-32)8-10-30-17-25-34(26-18-30)36(4,5)6/h7-26H,1-6H3. The lowest BCUT2D eigenvalue weighted by Gasteiger charge is -2.18. The van der Waals surface area contributed by atoms with Crippen LogP contribution < -0.4 is 0 Å². The van der Waals surface area contributed by atoms with Crippen LogP contribution in [0.3, 0.4) is 0 Å². The second-order valence-electron chi connectivity index (χ2n) is 11.7. The van der Waals surface area contributed by atoms with Crippen molar-refractivity contribution in [2.45, 2.75) is 52.4 Å². The highest BCUT2D eigenvalue weighted by Crippen LogP contribution is 2.25. The van der Waals surface area contributed by atoms with Gasteiger partial charge in [0.05, 0.1) is 0 Å². The first-order valence-corrected chi connectivity index (χ1v) is 12.9. The van der Waals surface area contributed by atoms with Crippen LogP contribution in [0.25, 0.3) is 35.4 Å². The minimum Gasteiger partial charge on any atom is -0.0579 e. The van der Waals surface area contributed by atoms with Gasteiger partial charge in [-0.15, -0.1) is 0 Å². The van der Waals surface area contributed by atoms with Crippen LogP contribution in [-0.4, -0.2) is 0 Å². The molecule has 4 rings (SSSR count). The highest BCUT2D eigenvalue weighted by atomic mass is 14.2. The SMILES string of the molecule is CC(C)(C)c1ccc(C=Cc2ccc(-c3ccc(C=Cc4ccc(C(C)(C)C)cc4)cc3)cc2)cc1. The van der Waals surface area contributed by atoms with Gasteiger partial charge in [0.1, 0.15) is 0 Å². The van der Waals surface area contributed by atoms with Gasteiger partial charge in [-0.2, -0.15) is 0 Å². The zero-order valence-corrected chi connectivity index (χ0v) is 22.5. The zero-order valence-electron chi connectivity index (χ0n) is 22.5. The Morgan fingerprint density at radius 2 is 0.556 bits per heavy atom. The molecule has 4 aromatic carbocycles. The summed E-state index contributed by atoms with van der Waals surface area (Å²) in [7, 11) is 0. The van der Waals surface area contributed by atoms with Crippen LogP contribution in [0.2, 0.25) is 0 Å². The smallest absolute Gasteiger partial charge is 0.0132 e. The monoisotopic (exact) mass is 470 g/mol. The normalized spacial score (nSPS) is 12.5. The highest BCUT2D eigenvalue weighted by molar-refractivity contribution is 5.74. The van der Waals surface area contributed by atoms with Crippen LogP contribution in [0.15, 0.2) is 97.1 Å². The Balaban J connectivity index is 1.38. The van der Waals surface area contributed by atoms with E-state index in [1.807, 2.05) is 0 Å². The second-order valence-corrected chi connectivity index (χ2v) is 11.7. The molecule has 4 aromatic rings. The molecular formula is C36H38. The van der Waals surface area contributed by atoms with E-state index in [-0.39, 0.29) is 10.8 Å². The summed E-state index contributed by atoms with van der Waals surface area (Å²) in [5.74, 6) is 0. The molecule has 0 heterocycles. The lowest BCUT2D eigenvalue weighted by molar-refractivity contribution is 0.590. The summed E-state index contributed by atoms with van der Waals surface area (Å²) in [6.45, 7) is 13.5. The molecule has 0 atom stereocenters. The minimum atomic E-state index is 0.185. The Morgan fingerprint density at radius 3 is 0.778 bits per heavy atom. The van der Waals surface area contributed by atoms with E-state index in [2.05, 4.69) is 163 Å². The Morgan fingerprint density at radius 1 is 0.333 bits per heavy atom. The van der Waals surface area contributed by atoms with E-state index in [9.17, 15) is 0 Å². The molecule has 0 amide bonds. The van der Waals surface area contributed by atoms with Gasteiger partial charge < -0.3 is 0 Å². The number of rotatable bonds is 5. The van der Waals surface area contributed by atoms with Gasteiger partial charge in [-0.25, -0.2) is 0 Å². The predicted octanol–water partition coefficient (Wildman–Crippen LogP) is 10.3. The van der Waals surface area contributed by atoms with Crippen molar-refractivity contribution < 1.29 is 0 Å². The van der Waals surface area contributed by atoms with E-state index in [0.29, 0.717) is 0 Å². The molecule has 0 spiro atoms. The summed E-state index contributed by atoms with van der Waals surface area (Å²) in [5, 5.41) is 0. The van der Waals surface area contributed by atoms with Gasteiger partial charge in [0, 0.05) is 0 Å². The molecule has 0 saturated heterocycles. The lowest BCUT2D eigenvalue weighted by Crippen LogP contribution is -2.10. The molecule has 0 fully saturated rings. The minimum absolute atomic E-state index is 0.185. The van der Waals surface area contributed by atoms with Crippen LogP contribution in [0.5, 0.6) is 0 Å². The van der Waals surface area contributed by atoms with Crippen molar-refractivity contribution in [3.63, 3.8) is 0 Å². The fourth-order valence-corrected chi connectivity index (χ4v) is 4.15. The fourth-order valence-electron chi connectivity index (χ4n) is 4.15. The largest absolute Gasteiger partial charge is 0.0579 e. The van der Waals surface area contributed by atoms with Gasteiger partial charge in [-0.3, -0.25) is 0 Å². The summed E-state index contributed by atoms with van der Waals surface area (Å²) in [6, 6.07) is 35.2. The van der Waals surface area contributed by atoms with Crippen molar-refractivity contribution in [2.24, 2.45) is 0 Å². The number of benzene rings is 4. The molecule has 36 heavy (non-hydrogen) atoms. The summed E-state index contributed by atoms with van der Waals surface area (Å²) < 4.78 is 0. The number of hydrogen-bond donors (Lipinski definition) is 0. The third-order valence-corrected chi connectivity index (χ3v) is 6.64. The average Bonchev–Trinajstić information content (AvgIpc) is 2.86. The average molecular weight is 471 g/mol. The molecule has 0 unspecified atom stereocenters. The van der Waals surface area contributed by atoms with Gasteiger partial charge in [0.2, 0.25) is 0 Å². The molecule has 0 saturated carbocycles. The van der Waals surface area contributed by atoms with Crippen molar-refractivity contribution in [3.8, 4) is 11.1 Å². The van der Waals surface area contributed by atoms with Crippen molar-refractivity contribution in [3.05, 3.63) is 130 Å². The fraction of sp³-hybridized carbons (Fsp3) is 0.222. The topological polar surface area (TPSA) is 0 Å². The Hall–Kier alpha value is -3.64. The van der Waals surface area contributed by atoms with Crippen molar-refractivity contribution in [1.29, 1.82) is 0 Å². The Kier molecular flexibility index (Phi) is 7.45. The highest BCUT2D eigenvalue weighted by Gasteiger charge is 2.13. The molecule has 0 N–H and O–H groups in total. The quantitative estimate of drug-likeness (QED) is 0.254. The summed E-state index contributed by atoms with van der Waals surface area (Å²) >= 11 is 0. The van der Waals surface area contributed by atoms with Crippen molar-refractivity contribution >= 4 is 24.3 Å². The van der Waals surface area contributed by atoms with Crippen molar-refractivity contribution in [2.75, 3.05) is 0 Å². The van der Waals surface area contributed by atoms with E-state index in [0.717, 1.165) is 0 Å². The maximum atomic E-state index is 2.25. The molecule has 0 aromatic heterocycles. The number of hydrogen-bond acceptors (Lipinski definition) is 0. The van der Waals surface area contributed by atoms with E-state index < -0.39 is 0 Å². The van der Waals surface area contributed by atoms with Gasteiger partial charge >= 0.3 is 0 Å². The molecule has 0 bridgehead atoms. The Labute approximate surface area is 218 Å². The summed E-state index contributed by atoms with van der Waals surface area (Å²) in [4.78, 5) is 0. The van der Waals surface area contributed by atoms with Crippen LogP contribution in [0.4, 0.5) is 0 Å². The molecule has 182 valence electrons. The third-order valence-electron chi connectivity index (χ3n) is 6.64. The van der Waals surface area contributed by atoms with Gasteiger partial charge in [-0.05, 0) is 55.3 Å². The first kappa shape index (κ1) is 25.5. The molecule has 0 aliphatic rings. The molecule has 0 aliphatic carbocycles. The molecular weight excluding hydrogens is 432 g/mol. The maximum Gasteiger partial charge on any atom is -0.0132 e. The lowest BCUT2D eigenvalue weighted by atomic mass is 9.86. The second kappa shape index (κ2) is 10.5.